The SMILES string of the molecule is CC(=O)N[C@@]12CC=C(C(NC(=O)C(C)(C)Nc3ccc(C)cc3)C1)[C@H](C)C2. The predicted molar refractivity (Wildman–Crippen MR) is 108 cm³/mol. The van der Waals surface area contributed by atoms with Crippen molar-refractivity contribution in [2.24, 2.45) is 5.92 Å². The lowest BCUT2D eigenvalue weighted by atomic mass is 9.64. The van der Waals surface area contributed by atoms with Crippen molar-refractivity contribution in [2.75, 3.05) is 5.32 Å². The van der Waals surface area contributed by atoms with Crippen molar-refractivity contribution in [3.8, 4) is 0 Å². The molecule has 0 aromatic heterocycles. The first kappa shape index (κ1) is 19.5. The number of aryl methyl sites for hydroxylation is 1. The van der Waals surface area contributed by atoms with E-state index in [-0.39, 0.29) is 23.4 Å². The summed E-state index contributed by atoms with van der Waals surface area (Å²) in [5.41, 5.74) is 2.43. The third kappa shape index (κ3) is 4.18. The summed E-state index contributed by atoms with van der Waals surface area (Å²) in [6.07, 6.45) is 4.76. The molecule has 0 spiro atoms. The molecule has 0 aliphatic heterocycles. The molecule has 1 saturated carbocycles. The molecule has 3 aliphatic rings. The topological polar surface area (TPSA) is 70.2 Å². The zero-order chi connectivity index (χ0) is 19.8. The lowest BCUT2D eigenvalue weighted by Crippen LogP contribution is -2.61. The number of hydrogen-bond acceptors (Lipinski definition) is 3. The first-order valence-electron chi connectivity index (χ1n) is 9.75. The van der Waals surface area contributed by atoms with Gasteiger partial charge in [-0.15, -0.1) is 0 Å². The third-order valence-corrected chi connectivity index (χ3v) is 5.81. The Hall–Kier alpha value is -2.30. The van der Waals surface area contributed by atoms with Crippen LogP contribution in [0.25, 0.3) is 0 Å². The molecule has 1 aromatic carbocycles. The molecule has 3 atom stereocenters. The van der Waals surface area contributed by atoms with E-state index < -0.39 is 5.54 Å². The number of carbonyl (C=O) groups is 2. The number of hydrogen-bond donors (Lipinski definition) is 3. The Bertz CT molecular complexity index is 766. The van der Waals surface area contributed by atoms with Crippen LogP contribution < -0.4 is 16.0 Å². The highest BCUT2D eigenvalue weighted by Crippen LogP contribution is 2.44. The van der Waals surface area contributed by atoms with Crippen LogP contribution in [-0.2, 0) is 9.59 Å². The van der Waals surface area contributed by atoms with Gasteiger partial charge in [-0.3, -0.25) is 9.59 Å². The Kier molecular flexibility index (Phi) is 5.06. The normalized spacial score (nSPS) is 26.9. The zero-order valence-electron chi connectivity index (χ0n) is 17.0. The van der Waals surface area contributed by atoms with Crippen LogP contribution >= 0.6 is 0 Å². The second-order valence-corrected chi connectivity index (χ2v) is 8.82. The van der Waals surface area contributed by atoms with Gasteiger partial charge in [0.05, 0.1) is 6.04 Å². The third-order valence-electron chi connectivity index (χ3n) is 5.81. The van der Waals surface area contributed by atoms with E-state index in [9.17, 15) is 9.59 Å². The highest BCUT2D eigenvalue weighted by Gasteiger charge is 2.46. The lowest BCUT2D eigenvalue weighted by molar-refractivity contribution is -0.125. The fourth-order valence-corrected chi connectivity index (χ4v) is 4.52. The lowest BCUT2D eigenvalue weighted by Gasteiger charge is -2.50. The Morgan fingerprint density at radius 1 is 1.15 bits per heavy atom. The molecular formula is C22H31N3O2. The van der Waals surface area contributed by atoms with E-state index in [1.165, 1.54) is 11.1 Å². The summed E-state index contributed by atoms with van der Waals surface area (Å²) in [5, 5.41) is 9.71. The number of rotatable bonds is 5. The zero-order valence-corrected chi connectivity index (χ0v) is 17.0. The summed E-state index contributed by atoms with van der Waals surface area (Å²) in [4.78, 5) is 24.7. The number of carbonyl (C=O) groups excluding carboxylic acids is 2. The molecule has 1 unspecified atom stereocenters. The molecule has 0 saturated heterocycles. The highest BCUT2D eigenvalue weighted by molar-refractivity contribution is 5.89. The van der Waals surface area contributed by atoms with Crippen LogP contribution in [-0.4, -0.2) is 28.9 Å². The summed E-state index contributed by atoms with van der Waals surface area (Å²) in [5.74, 6) is 0.317. The van der Waals surface area contributed by atoms with E-state index in [1.807, 2.05) is 45.0 Å². The molecule has 3 aliphatic carbocycles. The van der Waals surface area contributed by atoms with Gasteiger partial charge in [-0.05, 0) is 63.7 Å². The van der Waals surface area contributed by atoms with Crippen molar-refractivity contribution in [1.82, 2.24) is 10.6 Å². The largest absolute Gasteiger partial charge is 0.372 e. The van der Waals surface area contributed by atoms with Crippen LogP contribution in [0.15, 0.2) is 35.9 Å². The van der Waals surface area contributed by atoms with Gasteiger partial charge in [-0.1, -0.05) is 30.7 Å². The number of nitrogens with one attached hydrogen (secondary N) is 3. The van der Waals surface area contributed by atoms with Crippen molar-refractivity contribution >= 4 is 17.5 Å². The molecule has 5 nitrogen and oxygen atoms in total. The Morgan fingerprint density at radius 3 is 2.41 bits per heavy atom. The number of anilines is 1. The minimum atomic E-state index is -0.739. The highest BCUT2D eigenvalue weighted by atomic mass is 16.2. The van der Waals surface area contributed by atoms with Crippen LogP contribution in [0.4, 0.5) is 5.69 Å². The summed E-state index contributed by atoms with van der Waals surface area (Å²) >= 11 is 0. The molecule has 146 valence electrons. The summed E-state index contributed by atoms with van der Waals surface area (Å²) in [6.45, 7) is 9.57. The summed E-state index contributed by atoms with van der Waals surface area (Å²) in [6, 6.07) is 8.01. The van der Waals surface area contributed by atoms with Gasteiger partial charge in [0.15, 0.2) is 0 Å². The molecule has 3 N–H and O–H groups in total. The van der Waals surface area contributed by atoms with Crippen molar-refractivity contribution in [3.63, 3.8) is 0 Å². The van der Waals surface area contributed by atoms with Crippen LogP contribution in [0.1, 0.15) is 52.5 Å². The molecular weight excluding hydrogens is 338 g/mol. The van der Waals surface area contributed by atoms with Gasteiger partial charge in [0.1, 0.15) is 5.54 Å². The fraction of sp³-hybridized carbons (Fsp3) is 0.545. The van der Waals surface area contributed by atoms with Gasteiger partial charge >= 0.3 is 0 Å². The second-order valence-electron chi connectivity index (χ2n) is 8.82. The van der Waals surface area contributed by atoms with E-state index in [4.69, 9.17) is 0 Å². The number of benzene rings is 1. The smallest absolute Gasteiger partial charge is 0.245 e. The average Bonchev–Trinajstić information content (AvgIpc) is 2.55. The maximum absolute atomic E-state index is 13.0. The molecule has 27 heavy (non-hydrogen) atoms. The van der Waals surface area contributed by atoms with E-state index >= 15 is 0 Å². The van der Waals surface area contributed by atoms with Gasteiger partial charge in [0.25, 0.3) is 0 Å². The van der Waals surface area contributed by atoms with Crippen molar-refractivity contribution in [3.05, 3.63) is 41.5 Å². The van der Waals surface area contributed by atoms with E-state index in [0.29, 0.717) is 5.92 Å². The first-order chi connectivity index (χ1) is 12.6. The van der Waals surface area contributed by atoms with Gasteiger partial charge in [0, 0.05) is 18.2 Å². The van der Waals surface area contributed by atoms with Crippen LogP contribution in [0.2, 0.25) is 0 Å². The minimum absolute atomic E-state index is 0.00704. The van der Waals surface area contributed by atoms with E-state index in [2.05, 4.69) is 29.0 Å². The minimum Gasteiger partial charge on any atom is -0.372 e. The Balaban J connectivity index is 1.71. The maximum Gasteiger partial charge on any atom is 0.245 e. The average molecular weight is 370 g/mol. The quantitative estimate of drug-likeness (QED) is 0.698. The molecule has 4 rings (SSSR count). The summed E-state index contributed by atoms with van der Waals surface area (Å²) < 4.78 is 0. The predicted octanol–water partition coefficient (Wildman–Crippen LogP) is 3.31. The molecule has 5 heteroatoms. The van der Waals surface area contributed by atoms with Crippen molar-refractivity contribution < 1.29 is 9.59 Å². The van der Waals surface area contributed by atoms with Gasteiger partial charge < -0.3 is 16.0 Å². The van der Waals surface area contributed by atoms with Gasteiger partial charge in [-0.25, -0.2) is 0 Å². The van der Waals surface area contributed by atoms with E-state index in [1.54, 1.807) is 6.92 Å². The van der Waals surface area contributed by atoms with Gasteiger partial charge in [-0.2, -0.15) is 0 Å². The standard InChI is InChI=1S/C22H31N3O2/c1-14-6-8-17(9-7-14)25-21(4,5)20(27)23-19-13-22(24-16(3)26)11-10-18(19)15(2)12-22/h6-10,15,19,25H,11-13H2,1-5H3,(H,23,27)(H,24,26)/t15-,19?,22-/m1/s1. The van der Waals surface area contributed by atoms with Crippen LogP contribution in [0, 0.1) is 12.8 Å². The van der Waals surface area contributed by atoms with Gasteiger partial charge in [0.2, 0.25) is 11.8 Å². The molecule has 2 bridgehead atoms. The van der Waals surface area contributed by atoms with Crippen molar-refractivity contribution in [1.29, 1.82) is 0 Å². The molecule has 1 aromatic rings. The molecule has 2 amide bonds. The molecule has 0 radical (unpaired) electrons. The number of fused-ring (bicyclic) bond motifs is 3. The van der Waals surface area contributed by atoms with Crippen molar-refractivity contribution in [2.45, 2.75) is 71.0 Å². The summed E-state index contributed by atoms with van der Waals surface area (Å²) in [7, 11) is 0. The molecule has 1 fully saturated rings. The van der Waals surface area contributed by atoms with Crippen LogP contribution in [0.5, 0.6) is 0 Å². The monoisotopic (exact) mass is 369 g/mol. The molecule has 0 heterocycles. The van der Waals surface area contributed by atoms with E-state index in [0.717, 1.165) is 24.9 Å². The number of amides is 2. The Labute approximate surface area is 162 Å². The van der Waals surface area contributed by atoms with Crippen LogP contribution in [0.3, 0.4) is 0 Å². The maximum atomic E-state index is 13.0. The Morgan fingerprint density at radius 2 is 1.81 bits per heavy atom. The first-order valence-corrected chi connectivity index (χ1v) is 9.75. The fourth-order valence-electron chi connectivity index (χ4n) is 4.52. The second kappa shape index (κ2) is 7.02.